The zero-order valence-corrected chi connectivity index (χ0v) is 12.3. The summed E-state index contributed by atoms with van der Waals surface area (Å²) in [5.74, 6) is -1.72. The Kier molecular flexibility index (Phi) is 4.10. The average molecular weight is 317 g/mol. The molecule has 0 spiro atoms. The molecule has 0 saturated carbocycles. The first-order valence-electron chi connectivity index (χ1n) is 7.41. The molecule has 1 atom stereocenters. The highest BCUT2D eigenvalue weighted by atomic mass is 19.1. The molecule has 2 heterocycles. The van der Waals surface area contributed by atoms with E-state index in [0.717, 1.165) is 12.8 Å². The van der Waals surface area contributed by atoms with Crippen molar-refractivity contribution in [1.82, 2.24) is 15.1 Å². The molecule has 7 heteroatoms. The molecule has 1 aromatic heterocycles. The number of H-pyrrole nitrogens is 1. The average Bonchev–Trinajstić information content (AvgIpc) is 3.05. The molecule has 1 aromatic carbocycles. The molecule has 1 aliphatic heterocycles. The summed E-state index contributed by atoms with van der Waals surface area (Å²) in [6.07, 6.45) is 3.66. The predicted molar refractivity (Wildman–Crippen MR) is 79.6 cm³/mol. The van der Waals surface area contributed by atoms with Crippen LogP contribution in [0.4, 0.5) is 4.39 Å². The van der Waals surface area contributed by atoms with Crippen molar-refractivity contribution in [3.63, 3.8) is 0 Å². The lowest BCUT2D eigenvalue weighted by Gasteiger charge is -2.35. The second-order valence-corrected chi connectivity index (χ2v) is 5.52. The van der Waals surface area contributed by atoms with Crippen LogP contribution in [-0.4, -0.2) is 38.6 Å². The van der Waals surface area contributed by atoms with Crippen LogP contribution in [0.2, 0.25) is 0 Å². The number of amides is 1. The summed E-state index contributed by atoms with van der Waals surface area (Å²) in [5.41, 5.74) is 0.899. The Morgan fingerprint density at radius 3 is 2.70 bits per heavy atom. The third-order valence-corrected chi connectivity index (χ3v) is 4.09. The number of piperidine rings is 1. The summed E-state index contributed by atoms with van der Waals surface area (Å²) < 4.78 is 13.0. The molecule has 0 aliphatic carbocycles. The Labute approximate surface area is 131 Å². The van der Waals surface area contributed by atoms with E-state index >= 15 is 0 Å². The van der Waals surface area contributed by atoms with E-state index in [4.69, 9.17) is 0 Å². The zero-order valence-electron chi connectivity index (χ0n) is 12.3. The predicted octanol–water partition coefficient (Wildman–Crippen LogP) is 2.61. The number of hydrogen-bond acceptors (Lipinski definition) is 3. The molecule has 0 radical (unpaired) electrons. The van der Waals surface area contributed by atoms with E-state index in [1.54, 1.807) is 4.90 Å². The van der Waals surface area contributed by atoms with Crippen molar-refractivity contribution in [2.75, 3.05) is 6.54 Å². The number of aromatic carboxylic acids is 1. The van der Waals surface area contributed by atoms with Crippen LogP contribution in [-0.2, 0) is 0 Å². The summed E-state index contributed by atoms with van der Waals surface area (Å²) in [6.45, 7) is 0.527. The minimum Gasteiger partial charge on any atom is -0.478 e. The van der Waals surface area contributed by atoms with Crippen molar-refractivity contribution >= 4 is 11.9 Å². The van der Waals surface area contributed by atoms with Gasteiger partial charge in [0.05, 0.1) is 17.9 Å². The van der Waals surface area contributed by atoms with Gasteiger partial charge in [-0.1, -0.05) is 0 Å². The largest absolute Gasteiger partial charge is 0.478 e. The lowest BCUT2D eigenvalue weighted by Crippen LogP contribution is -2.39. The minimum atomic E-state index is -1.08. The van der Waals surface area contributed by atoms with Crippen molar-refractivity contribution in [3.8, 4) is 0 Å². The third kappa shape index (κ3) is 2.94. The van der Waals surface area contributed by atoms with Gasteiger partial charge >= 0.3 is 5.97 Å². The number of nitrogens with zero attached hydrogens (tertiary/aromatic N) is 2. The number of carboxylic acid groups (broad SMARTS) is 1. The van der Waals surface area contributed by atoms with Gasteiger partial charge in [0, 0.05) is 12.1 Å². The van der Waals surface area contributed by atoms with E-state index in [0.29, 0.717) is 24.2 Å². The monoisotopic (exact) mass is 317 g/mol. The number of rotatable bonds is 3. The lowest BCUT2D eigenvalue weighted by molar-refractivity contribution is 0.0590. The van der Waals surface area contributed by atoms with E-state index in [1.165, 1.54) is 30.5 Å². The number of nitrogens with one attached hydrogen (secondary N) is 1. The Balaban J connectivity index is 1.92. The Morgan fingerprint density at radius 1 is 1.26 bits per heavy atom. The highest BCUT2D eigenvalue weighted by Crippen LogP contribution is 2.32. The lowest BCUT2D eigenvalue weighted by atomic mass is 9.96. The number of carboxylic acids is 1. The second kappa shape index (κ2) is 6.20. The number of benzene rings is 1. The van der Waals surface area contributed by atoms with Gasteiger partial charge in [-0.05, 0) is 43.5 Å². The molecule has 1 saturated heterocycles. The number of likely N-dealkylation sites (tertiary alicyclic amines) is 1. The molecule has 2 N–H and O–H groups in total. The normalized spacial score (nSPS) is 18.0. The standard InChI is InChI=1S/C16H16FN3O3/c17-11-6-4-10(5-7-11)15(21)20-8-2-1-3-13(20)14-12(16(22)23)9-18-19-14/h4-7,9,13H,1-3,8H2,(H,18,19)(H,22,23). The Hall–Kier alpha value is -2.70. The third-order valence-electron chi connectivity index (χ3n) is 4.09. The van der Waals surface area contributed by atoms with Gasteiger partial charge in [-0.3, -0.25) is 9.89 Å². The van der Waals surface area contributed by atoms with Crippen molar-refractivity contribution in [3.05, 3.63) is 53.1 Å². The fourth-order valence-electron chi connectivity index (χ4n) is 2.95. The first-order chi connectivity index (χ1) is 11.1. The molecule has 1 unspecified atom stereocenters. The SMILES string of the molecule is O=C(O)c1cn[nH]c1C1CCCCN1C(=O)c1ccc(F)cc1. The fourth-order valence-corrected chi connectivity index (χ4v) is 2.95. The van der Waals surface area contributed by atoms with Gasteiger partial charge in [0.15, 0.2) is 0 Å². The first-order valence-corrected chi connectivity index (χ1v) is 7.41. The smallest absolute Gasteiger partial charge is 0.339 e. The molecular weight excluding hydrogens is 301 g/mol. The highest BCUT2D eigenvalue weighted by molar-refractivity contribution is 5.95. The summed E-state index contributed by atoms with van der Waals surface area (Å²) in [7, 11) is 0. The quantitative estimate of drug-likeness (QED) is 0.911. The second-order valence-electron chi connectivity index (χ2n) is 5.52. The van der Waals surface area contributed by atoms with Crippen LogP contribution >= 0.6 is 0 Å². The van der Waals surface area contributed by atoms with Crippen LogP contribution in [0.1, 0.15) is 51.7 Å². The summed E-state index contributed by atoms with van der Waals surface area (Å²) >= 11 is 0. The van der Waals surface area contributed by atoms with Crippen LogP contribution in [0, 0.1) is 5.82 Å². The topological polar surface area (TPSA) is 86.3 Å². The number of aromatic nitrogens is 2. The van der Waals surface area contributed by atoms with Crippen molar-refractivity contribution in [2.24, 2.45) is 0 Å². The molecule has 120 valence electrons. The molecule has 0 bridgehead atoms. The van der Waals surface area contributed by atoms with Crippen molar-refractivity contribution < 1.29 is 19.1 Å². The van der Waals surface area contributed by atoms with Gasteiger partial charge in [-0.2, -0.15) is 5.10 Å². The maximum absolute atomic E-state index is 13.0. The van der Waals surface area contributed by atoms with Crippen LogP contribution in [0.3, 0.4) is 0 Å². The van der Waals surface area contributed by atoms with Crippen LogP contribution < -0.4 is 0 Å². The van der Waals surface area contributed by atoms with Gasteiger partial charge in [0.2, 0.25) is 0 Å². The Morgan fingerprint density at radius 2 is 2.00 bits per heavy atom. The van der Waals surface area contributed by atoms with Gasteiger partial charge in [0.1, 0.15) is 11.4 Å². The molecule has 1 aliphatic rings. The van der Waals surface area contributed by atoms with Crippen LogP contribution in [0.5, 0.6) is 0 Å². The number of carbonyl (C=O) groups is 2. The van der Waals surface area contributed by atoms with E-state index < -0.39 is 11.8 Å². The van der Waals surface area contributed by atoms with Crippen molar-refractivity contribution in [2.45, 2.75) is 25.3 Å². The van der Waals surface area contributed by atoms with Gasteiger partial charge in [-0.15, -0.1) is 0 Å². The maximum Gasteiger partial charge on any atom is 0.339 e. The van der Waals surface area contributed by atoms with Crippen molar-refractivity contribution in [1.29, 1.82) is 0 Å². The van der Waals surface area contributed by atoms with Gasteiger partial charge < -0.3 is 10.0 Å². The molecule has 3 rings (SSSR count). The van der Waals surface area contributed by atoms with Gasteiger partial charge in [0.25, 0.3) is 5.91 Å². The van der Waals surface area contributed by atoms with Crippen LogP contribution in [0.15, 0.2) is 30.5 Å². The zero-order chi connectivity index (χ0) is 16.4. The van der Waals surface area contributed by atoms with E-state index in [2.05, 4.69) is 10.2 Å². The number of hydrogen-bond donors (Lipinski definition) is 2. The first kappa shape index (κ1) is 15.2. The summed E-state index contributed by atoms with van der Waals surface area (Å²) in [6, 6.07) is 4.99. The van der Waals surface area contributed by atoms with E-state index in [1.807, 2.05) is 0 Å². The molecule has 1 amide bonds. The highest BCUT2D eigenvalue weighted by Gasteiger charge is 2.32. The molecular formula is C16H16FN3O3. The van der Waals surface area contributed by atoms with E-state index in [-0.39, 0.29) is 17.5 Å². The molecule has 2 aromatic rings. The molecule has 23 heavy (non-hydrogen) atoms. The number of halogens is 1. The van der Waals surface area contributed by atoms with Gasteiger partial charge in [-0.25, -0.2) is 9.18 Å². The Bertz CT molecular complexity index is 726. The minimum absolute atomic E-state index is 0.0776. The maximum atomic E-state index is 13.0. The number of aromatic amines is 1. The van der Waals surface area contributed by atoms with E-state index in [9.17, 15) is 19.1 Å². The number of carbonyl (C=O) groups excluding carboxylic acids is 1. The fraction of sp³-hybridized carbons (Fsp3) is 0.312. The summed E-state index contributed by atoms with van der Waals surface area (Å²) in [4.78, 5) is 25.7. The molecule has 1 fully saturated rings. The molecule has 6 nitrogen and oxygen atoms in total. The van der Waals surface area contributed by atoms with Crippen LogP contribution in [0.25, 0.3) is 0 Å². The summed E-state index contributed by atoms with van der Waals surface area (Å²) in [5, 5.41) is 15.8.